The molecule has 0 atom stereocenters. The third kappa shape index (κ3) is 5.36. The van der Waals surface area contributed by atoms with Crippen LogP contribution in [0, 0.1) is 18.6 Å². The van der Waals surface area contributed by atoms with Crippen molar-refractivity contribution in [3.05, 3.63) is 70.8 Å². The Morgan fingerprint density at radius 2 is 1.87 bits per heavy atom. The molecule has 2 aromatic rings. The van der Waals surface area contributed by atoms with Crippen LogP contribution in [0.15, 0.2) is 47.5 Å². The summed E-state index contributed by atoms with van der Waals surface area (Å²) in [5.41, 5.74) is 2.54. The number of nitrogens with one attached hydrogen (secondary N) is 2. The molecular weight excluding hydrogens is 296 g/mol. The molecule has 0 aliphatic rings. The van der Waals surface area contributed by atoms with Crippen LogP contribution < -0.4 is 10.6 Å². The maximum atomic E-state index is 13.2. The van der Waals surface area contributed by atoms with E-state index in [-0.39, 0.29) is 11.6 Å². The molecule has 23 heavy (non-hydrogen) atoms. The maximum absolute atomic E-state index is 13.2. The van der Waals surface area contributed by atoms with Crippen LogP contribution >= 0.6 is 0 Å². The summed E-state index contributed by atoms with van der Waals surface area (Å²) >= 11 is 0. The molecular formula is C18H21F2N3. The average molecular weight is 317 g/mol. The van der Waals surface area contributed by atoms with Crippen molar-refractivity contribution in [1.82, 2.24) is 10.6 Å². The van der Waals surface area contributed by atoms with E-state index in [0.717, 1.165) is 11.1 Å². The first-order valence-electron chi connectivity index (χ1n) is 7.52. The van der Waals surface area contributed by atoms with Gasteiger partial charge in [-0.05, 0) is 48.2 Å². The zero-order chi connectivity index (χ0) is 16.7. The van der Waals surface area contributed by atoms with E-state index in [9.17, 15) is 8.78 Å². The van der Waals surface area contributed by atoms with Gasteiger partial charge in [0.2, 0.25) is 0 Å². The number of aryl methyl sites for hydroxylation is 1. The lowest BCUT2D eigenvalue weighted by molar-refractivity contribution is 0.617. The van der Waals surface area contributed by atoms with Crippen LogP contribution in [0.3, 0.4) is 0 Å². The lowest BCUT2D eigenvalue weighted by Crippen LogP contribution is -2.37. The summed E-state index contributed by atoms with van der Waals surface area (Å²) in [4.78, 5) is 4.14. The molecule has 2 aromatic carbocycles. The van der Waals surface area contributed by atoms with Crippen LogP contribution in [0.2, 0.25) is 0 Å². The molecule has 122 valence electrons. The van der Waals surface area contributed by atoms with Gasteiger partial charge in [0, 0.05) is 20.1 Å². The molecule has 5 heteroatoms. The molecule has 0 aromatic heterocycles. The Balaban J connectivity index is 1.80. The smallest absolute Gasteiger partial charge is 0.191 e. The molecule has 2 N–H and O–H groups in total. The van der Waals surface area contributed by atoms with Gasteiger partial charge in [-0.15, -0.1) is 0 Å². The molecule has 0 aliphatic heterocycles. The van der Waals surface area contributed by atoms with Gasteiger partial charge < -0.3 is 10.6 Å². The predicted octanol–water partition coefficient (Wildman–Crippen LogP) is 3.18. The Hall–Kier alpha value is -2.43. The predicted molar refractivity (Wildman–Crippen MR) is 89.4 cm³/mol. The summed E-state index contributed by atoms with van der Waals surface area (Å²) in [5, 5.41) is 6.35. The molecule has 0 radical (unpaired) electrons. The quantitative estimate of drug-likeness (QED) is 0.656. The molecule has 0 unspecified atom stereocenters. The second-order valence-corrected chi connectivity index (χ2v) is 5.32. The van der Waals surface area contributed by atoms with E-state index >= 15 is 0 Å². The number of guanidine groups is 1. The highest BCUT2D eigenvalue weighted by Crippen LogP contribution is 2.08. The van der Waals surface area contributed by atoms with E-state index < -0.39 is 0 Å². The summed E-state index contributed by atoms with van der Waals surface area (Å²) in [7, 11) is 1.69. The fourth-order valence-electron chi connectivity index (χ4n) is 2.24. The Kier molecular flexibility index (Phi) is 6.09. The van der Waals surface area contributed by atoms with Crippen molar-refractivity contribution in [3.8, 4) is 0 Å². The van der Waals surface area contributed by atoms with Gasteiger partial charge in [0.05, 0.1) is 0 Å². The van der Waals surface area contributed by atoms with Gasteiger partial charge in [-0.2, -0.15) is 0 Å². The molecule has 0 saturated carbocycles. The van der Waals surface area contributed by atoms with Crippen molar-refractivity contribution in [2.75, 3.05) is 13.6 Å². The van der Waals surface area contributed by atoms with E-state index in [1.165, 1.54) is 18.2 Å². The molecule has 0 aliphatic carbocycles. The average Bonchev–Trinajstić information content (AvgIpc) is 2.54. The summed E-state index contributed by atoms with van der Waals surface area (Å²) in [6, 6.07) is 11.6. The van der Waals surface area contributed by atoms with Crippen LogP contribution in [-0.4, -0.2) is 19.6 Å². The van der Waals surface area contributed by atoms with Crippen molar-refractivity contribution in [1.29, 1.82) is 0 Å². The standard InChI is InChI=1S/C18H21F2N3/c1-13-10-15(6-7-17(13)20)12-23-18(21-2)22-9-8-14-4-3-5-16(19)11-14/h3-7,10-11H,8-9,12H2,1-2H3,(H2,21,22,23). The monoisotopic (exact) mass is 317 g/mol. The van der Waals surface area contributed by atoms with Crippen molar-refractivity contribution in [2.45, 2.75) is 19.9 Å². The maximum Gasteiger partial charge on any atom is 0.191 e. The van der Waals surface area contributed by atoms with Gasteiger partial charge in [-0.1, -0.05) is 24.3 Å². The van der Waals surface area contributed by atoms with Gasteiger partial charge in [-0.25, -0.2) is 8.78 Å². The van der Waals surface area contributed by atoms with Crippen LogP contribution in [0.1, 0.15) is 16.7 Å². The van der Waals surface area contributed by atoms with E-state index in [2.05, 4.69) is 15.6 Å². The molecule has 0 heterocycles. The molecule has 2 rings (SSSR count). The van der Waals surface area contributed by atoms with Crippen molar-refractivity contribution in [3.63, 3.8) is 0 Å². The molecule has 0 spiro atoms. The zero-order valence-electron chi connectivity index (χ0n) is 13.4. The molecule has 0 fully saturated rings. The number of benzene rings is 2. The number of nitrogens with zero attached hydrogens (tertiary/aromatic N) is 1. The summed E-state index contributed by atoms with van der Waals surface area (Å²) in [6.45, 7) is 2.94. The Bertz CT molecular complexity index is 684. The largest absolute Gasteiger partial charge is 0.356 e. The first-order valence-corrected chi connectivity index (χ1v) is 7.52. The van der Waals surface area contributed by atoms with Crippen LogP contribution in [0.5, 0.6) is 0 Å². The highest BCUT2D eigenvalue weighted by Gasteiger charge is 2.02. The third-order valence-electron chi connectivity index (χ3n) is 3.50. The van der Waals surface area contributed by atoms with Crippen molar-refractivity contribution >= 4 is 5.96 Å². The number of rotatable bonds is 5. The second kappa shape index (κ2) is 8.27. The first-order chi connectivity index (χ1) is 11.1. The Labute approximate surface area is 135 Å². The van der Waals surface area contributed by atoms with E-state index in [1.54, 1.807) is 26.1 Å². The minimum absolute atomic E-state index is 0.202. The van der Waals surface area contributed by atoms with Crippen LogP contribution in [0.25, 0.3) is 0 Å². The summed E-state index contributed by atoms with van der Waals surface area (Å²) < 4.78 is 26.3. The Morgan fingerprint density at radius 3 is 2.57 bits per heavy atom. The van der Waals surface area contributed by atoms with Gasteiger partial charge >= 0.3 is 0 Å². The minimum Gasteiger partial charge on any atom is -0.356 e. The summed E-state index contributed by atoms with van der Waals surface area (Å²) in [5.74, 6) is 0.228. The molecule has 0 bridgehead atoms. The fourth-order valence-corrected chi connectivity index (χ4v) is 2.24. The van der Waals surface area contributed by atoms with Gasteiger partial charge in [0.25, 0.3) is 0 Å². The number of hydrogen-bond donors (Lipinski definition) is 2. The fraction of sp³-hybridized carbons (Fsp3) is 0.278. The van der Waals surface area contributed by atoms with E-state index in [4.69, 9.17) is 0 Å². The van der Waals surface area contributed by atoms with Crippen LogP contribution in [-0.2, 0) is 13.0 Å². The van der Waals surface area contributed by atoms with Crippen molar-refractivity contribution < 1.29 is 8.78 Å². The SMILES string of the molecule is CN=C(NCCc1cccc(F)c1)NCc1ccc(F)c(C)c1. The Morgan fingerprint density at radius 1 is 1.04 bits per heavy atom. The lowest BCUT2D eigenvalue weighted by Gasteiger charge is -2.12. The topological polar surface area (TPSA) is 36.4 Å². The normalized spacial score (nSPS) is 11.4. The zero-order valence-corrected chi connectivity index (χ0v) is 13.4. The molecule has 0 saturated heterocycles. The number of hydrogen-bond acceptors (Lipinski definition) is 1. The van der Waals surface area contributed by atoms with Gasteiger partial charge in [0.1, 0.15) is 11.6 Å². The third-order valence-corrected chi connectivity index (χ3v) is 3.50. The highest BCUT2D eigenvalue weighted by molar-refractivity contribution is 5.79. The van der Waals surface area contributed by atoms with Crippen LogP contribution in [0.4, 0.5) is 8.78 Å². The second-order valence-electron chi connectivity index (χ2n) is 5.32. The molecule has 3 nitrogen and oxygen atoms in total. The molecule has 0 amide bonds. The number of halogens is 2. The highest BCUT2D eigenvalue weighted by atomic mass is 19.1. The van der Waals surface area contributed by atoms with E-state index in [0.29, 0.717) is 31.0 Å². The van der Waals surface area contributed by atoms with Crippen molar-refractivity contribution in [2.24, 2.45) is 4.99 Å². The van der Waals surface area contributed by atoms with Gasteiger partial charge in [0.15, 0.2) is 5.96 Å². The van der Waals surface area contributed by atoms with E-state index in [1.807, 2.05) is 12.1 Å². The summed E-state index contributed by atoms with van der Waals surface area (Å²) in [6.07, 6.45) is 0.702. The first kappa shape index (κ1) is 16.9. The minimum atomic E-state index is -0.225. The number of aliphatic imine (C=N–C) groups is 1. The lowest BCUT2D eigenvalue weighted by atomic mass is 10.1. The van der Waals surface area contributed by atoms with Gasteiger partial charge in [-0.3, -0.25) is 4.99 Å².